The summed E-state index contributed by atoms with van der Waals surface area (Å²) >= 11 is 1.14. The lowest BCUT2D eigenvalue weighted by Crippen LogP contribution is -2.27. The monoisotopic (exact) mass is 462 g/mol. The molecule has 3 rings (SSSR count). The van der Waals surface area contributed by atoms with Crippen LogP contribution in [0.15, 0.2) is 63.4 Å². The molecule has 11 heteroatoms. The molecule has 0 unspecified atom stereocenters. The standard InChI is InChI=1S/C20H22N4O5S2/c21-31(28,29)15-8-6-14(7-9-15)12-22-18(26)13-30-20-23-17-5-2-1-4-16(17)19(27)24(20)10-3-11-25/h1-2,4-9,25H,3,10-13H2,(H,22,26)(H2,21,28,29). The molecule has 0 fully saturated rings. The quantitative estimate of drug-likeness (QED) is 0.316. The van der Waals surface area contributed by atoms with Crippen LogP contribution in [0.3, 0.4) is 0 Å². The van der Waals surface area contributed by atoms with Crippen molar-refractivity contribution in [2.75, 3.05) is 12.4 Å². The summed E-state index contributed by atoms with van der Waals surface area (Å²) in [5, 5.41) is 17.8. The van der Waals surface area contributed by atoms with Crippen molar-refractivity contribution >= 4 is 38.6 Å². The van der Waals surface area contributed by atoms with Crippen LogP contribution in [0.5, 0.6) is 0 Å². The van der Waals surface area contributed by atoms with Crippen molar-refractivity contribution < 1.29 is 18.3 Å². The maximum atomic E-state index is 12.8. The Bertz CT molecular complexity index is 1240. The lowest BCUT2D eigenvalue weighted by molar-refractivity contribution is -0.118. The molecule has 4 N–H and O–H groups in total. The number of aromatic nitrogens is 2. The molecule has 3 aromatic rings. The van der Waals surface area contributed by atoms with Crippen LogP contribution in [0.4, 0.5) is 0 Å². The number of fused-ring (bicyclic) bond motifs is 1. The van der Waals surface area contributed by atoms with Gasteiger partial charge in [0.15, 0.2) is 5.16 Å². The molecule has 0 spiro atoms. The van der Waals surface area contributed by atoms with Gasteiger partial charge >= 0.3 is 0 Å². The van der Waals surface area contributed by atoms with Crippen LogP contribution in [-0.2, 0) is 27.9 Å². The van der Waals surface area contributed by atoms with Gasteiger partial charge in [0.1, 0.15) is 0 Å². The van der Waals surface area contributed by atoms with Crippen LogP contribution >= 0.6 is 11.8 Å². The molecule has 0 saturated carbocycles. The zero-order valence-electron chi connectivity index (χ0n) is 16.5. The van der Waals surface area contributed by atoms with Gasteiger partial charge in [-0.2, -0.15) is 0 Å². The molecule has 0 aliphatic heterocycles. The van der Waals surface area contributed by atoms with Gasteiger partial charge in [-0.05, 0) is 36.2 Å². The molecule has 1 amide bonds. The smallest absolute Gasteiger partial charge is 0.262 e. The molecular formula is C20H22N4O5S2. The molecule has 0 bridgehead atoms. The average Bonchev–Trinajstić information content (AvgIpc) is 2.75. The van der Waals surface area contributed by atoms with Crippen molar-refractivity contribution in [1.82, 2.24) is 14.9 Å². The van der Waals surface area contributed by atoms with Crippen LogP contribution < -0.4 is 16.0 Å². The zero-order chi connectivity index (χ0) is 22.4. The SMILES string of the molecule is NS(=O)(=O)c1ccc(CNC(=O)CSc2nc3ccccc3c(=O)n2CCCO)cc1. The molecule has 1 heterocycles. The van der Waals surface area contributed by atoms with Crippen molar-refractivity contribution in [1.29, 1.82) is 0 Å². The van der Waals surface area contributed by atoms with Gasteiger partial charge in [0.2, 0.25) is 15.9 Å². The van der Waals surface area contributed by atoms with Gasteiger partial charge in [0, 0.05) is 19.7 Å². The molecular weight excluding hydrogens is 440 g/mol. The molecule has 0 saturated heterocycles. The number of aliphatic hydroxyl groups is 1. The Morgan fingerprint density at radius 1 is 1.16 bits per heavy atom. The van der Waals surface area contributed by atoms with Crippen molar-refractivity contribution in [3.63, 3.8) is 0 Å². The summed E-state index contributed by atoms with van der Waals surface area (Å²) in [6.45, 7) is 0.453. The minimum atomic E-state index is -3.76. The summed E-state index contributed by atoms with van der Waals surface area (Å²) in [5.41, 5.74) is 1.05. The number of hydrogen-bond donors (Lipinski definition) is 3. The fraction of sp³-hybridized carbons (Fsp3) is 0.250. The van der Waals surface area contributed by atoms with Crippen molar-refractivity contribution in [2.24, 2.45) is 5.14 Å². The van der Waals surface area contributed by atoms with E-state index in [0.717, 1.165) is 17.3 Å². The lowest BCUT2D eigenvalue weighted by atomic mass is 10.2. The number of sulfonamides is 1. The Balaban J connectivity index is 1.67. The first kappa shape index (κ1) is 22.9. The molecule has 0 aliphatic rings. The molecule has 31 heavy (non-hydrogen) atoms. The first-order valence-corrected chi connectivity index (χ1v) is 11.9. The van der Waals surface area contributed by atoms with E-state index in [4.69, 9.17) is 10.2 Å². The van der Waals surface area contributed by atoms with Crippen molar-refractivity contribution in [2.45, 2.75) is 29.6 Å². The summed E-state index contributed by atoms with van der Waals surface area (Å²) < 4.78 is 24.1. The summed E-state index contributed by atoms with van der Waals surface area (Å²) in [5.74, 6) is -0.226. The highest BCUT2D eigenvalue weighted by atomic mass is 32.2. The van der Waals surface area contributed by atoms with E-state index in [1.807, 2.05) is 0 Å². The van der Waals surface area contributed by atoms with Gasteiger partial charge in [0.05, 0.1) is 21.6 Å². The van der Waals surface area contributed by atoms with E-state index in [0.29, 0.717) is 29.0 Å². The number of rotatable bonds is 9. The van der Waals surface area contributed by atoms with Gasteiger partial charge in [0.25, 0.3) is 5.56 Å². The number of nitrogens with two attached hydrogens (primary N) is 1. The highest BCUT2D eigenvalue weighted by Gasteiger charge is 2.13. The fourth-order valence-electron chi connectivity index (χ4n) is 2.86. The maximum absolute atomic E-state index is 12.8. The van der Waals surface area contributed by atoms with Crippen LogP contribution in [0.2, 0.25) is 0 Å². The first-order valence-electron chi connectivity index (χ1n) is 9.41. The second kappa shape index (κ2) is 10.1. The molecule has 2 aromatic carbocycles. The van der Waals surface area contributed by atoms with Crippen LogP contribution in [0.1, 0.15) is 12.0 Å². The summed E-state index contributed by atoms with van der Waals surface area (Å²) in [4.78, 5) is 29.6. The third kappa shape index (κ3) is 5.91. The van der Waals surface area contributed by atoms with E-state index < -0.39 is 10.0 Å². The summed E-state index contributed by atoms with van der Waals surface area (Å²) in [6.07, 6.45) is 0.397. The minimum absolute atomic E-state index is 0.00126. The highest BCUT2D eigenvalue weighted by molar-refractivity contribution is 7.99. The molecule has 0 atom stereocenters. The Labute approximate surface area is 183 Å². The molecule has 164 valence electrons. The number of thioether (sulfide) groups is 1. The Morgan fingerprint density at radius 2 is 1.87 bits per heavy atom. The second-order valence-corrected chi connectivity index (χ2v) is 9.20. The number of para-hydroxylation sites is 1. The van der Waals surface area contributed by atoms with Crippen LogP contribution in [-0.4, -0.2) is 41.3 Å². The maximum Gasteiger partial charge on any atom is 0.262 e. The molecule has 0 aliphatic carbocycles. The largest absolute Gasteiger partial charge is 0.396 e. The Kier molecular flexibility index (Phi) is 7.44. The minimum Gasteiger partial charge on any atom is -0.396 e. The number of benzene rings is 2. The van der Waals surface area contributed by atoms with Gasteiger partial charge in [-0.3, -0.25) is 14.2 Å². The molecule has 9 nitrogen and oxygen atoms in total. The van der Waals surface area contributed by atoms with Crippen LogP contribution in [0, 0.1) is 0 Å². The lowest BCUT2D eigenvalue weighted by Gasteiger charge is -2.12. The Hall–Kier alpha value is -2.73. The number of nitrogens with one attached hydrogen (secondary N) is 1. The number of hydrogen-bond acceptors (Lipinski definition) is 7. The number of carbonyl (C=O) groups excluding carboxylic acids is 1. The molecule has 1 aromatic heterocycles. The van der Waals surface area contributed by atoms with E-state index in [-0.39, 0.29) is 35.3 Å². The normalized spacial score (nSPS) is 11.5. The zero-order valence-corrected chi connectivity index (χ0v) is 18.2. The number of carbonyl (C=O) groups is 1. The van der Waals surface area contributed by atoms with Gasteiger partial charge < -0.3 is 10.4 Å². The predicted octanol–water partition coefficient (Wildman–Crippen LogP) is 0.835. The van der Waals surface area contributed by atoms with Crippen molar-refractivity contribution in [3.8, 4) is 0 Å². The highest BCUT2D eigenvalue weighted by Crippen LogP contribution is 2.18. The number of amides is 1. The topological polar surface area (TPSA) is 144 Å². The number of primary sulfonamides is 1. The Morgan fingerprint density at radius 3 is 2.55 bits per heavy atom. The van der Waals surface area contributed by atoms with E-state index >= 15 is 0 Å². The third-order valence-electron chi connectivity index (χ3n) is 4.44. The van der Waals surface area contributed by atoms with Crippen LogP contribution in [0.25, 0.3) is 10.9 Å². The van der Waals surface area contributed by atoms with Gasteiger partial charge in [-0.25, -0.2) is 18.5 Å². The average molecular weight is 463 g/mol. The third-order valence-corrected chi connectivity index (χ3v) is 6.35. The number of nitrogens with zero attached hydrogens (tertiary/aromatic N) is 2. The summed E-state index contributed by atoms with van der Waals surface area (Å²) in [6, 6.07) is 12.9. The van der Waals surface area contributed by atoms with Gasteiger partial charge in [-0.1, -0.05) is 36.0 Å². The number of aliphatic hydroxyl groups excluding tert-OH is 1. The van der Waals surface area contributed by atoms with E-state index in [2.05, 4.69) is 10.3 Å². The van der Waals surface area contributed by atoms with Gasteiger partial charge in [-0.15, -0.1) is 0 Å². The van der Waals surface area contributed by atoms with Crippen molar-refractivity contribution in [3.05, 3.63) is 64.4 Å². The fourth-order valence-corrected chi connectivity index (χ4v) is 4.23. The van der Waals surface area contributed by atoms with E-state index in [1.165, 1.54) is 16.7 Å². The van der Waals surface area contributed by atoms with E-state index in [9.17, 15) is 18.0 Å². The second-order valence-electron chi connectivity index (χ2n) is 6.70. The first-order chi connectivity index (χ1) is 14.8. The molecule has 0 radical (unpaired) electrons. The predicted molar refractivity (Wildman–Crippen MR) is 118 cm³/mol. The van der Waals surface area contributed by atoms with E-state index in [1.54, 1.807) is 36.4 Å². The summed E-state index contributed by atoms with van der Waals surface area (Å²) in [7, 11) is -3.76.